The molecule has 0 amide bonds. The van der Waals surface area contributed by atoms with Crippen LogP contribution < -0.4 is 0 Å². The van der Waals surface area contributed by atoms with Crippen molar-refractivity contribution in [1.82, 2.24) is 0 Å². The van der Waals surface area contributed by atoms with E-state index in [1.165, 1.54) is 25.3 Å². The van der Waals surface area contributed by atoms with Gasteiger partial charge in [0.25, 0.3) is 0 Å². The maximum atomic E-state index is 2.50. The van der Waals surface area contributed by atoms with Gasteiger partial charge in [-0.15, -0.1) is 0 Å². The van der Waals surface area contributed by atoms with Crippen LogP contribution in [0.15, 0.2) is 0 Å². The predicted octanol–water partition coefficient (Wildman–Crippen LogP) is 5.22. The fraction of sp³-hybridized carbons (Fsp3) is 1.00. The van der Waals surface area contributed by atoms with Crippen molar-refractivity contribution in [2.45, 2.75) is 77.1 Å². The molecule has 0 aromatic carbocycles. The van der Waals surface area contributed by atoms with Crippen LogP contribution in [0.1, 0.15) is 26.2 Å². The summed E-state index contributed by atoms with van der Waals surface area (Å²) in [5.74, 6) is 0. The maximum Gasteiger partial charge on any atom is 0.0471 e. The molecular formula is C12H30Si2. The van der Waals surface area contributed by atoms with Crippen LogP contribution in [0.2, 0.25) is 50.9 Å². The second-order valence-electron chi connectivity index (χ2n) is 7.07. The summed E-state index contributed by atoms with van der Waals surface area (Å²) in [6, 6.07) is 1.52. The zero-order valence-corrected chi connectivity index (χ0v) is 13.4. The van der Waals surface area contributed by atoms with Gasteiger partial charge in [-0.05, 0) is 5.54 Å². The molecule has 0 saturated carbocycles. The monoisotopic (exact) mass is 230 g/mol. The number of unbranched alkanes of at least 4 members (excludes halogenated alkanes) is 1. The molecule has 0 aromatic rings. The van der Waals surface area contributed by atoms with Gasteiger partial charge in [0.05, 0.1) is 0 Å². The largest absolute Gasteiger partial charge is 0.0695 e. The molecule has 2 heteroatoms. The average molecular weight is 231 g/mol. The lowest BCUT2D eigenvalue weighted by Gasteiger charge is -2.25. The van der Waals surface area contributed by atoms with Gasteiger partial charge >= 0.3 is 0 Å². The van der Waals surface area contributed by atoms with Gasteiger partial charge in [-0.2, -0.15) is 0 Å². The fourth-order valence-electron chi connectivity index (χ4n) is 1.54. The number of rotatable bonds is 6. The van der Waals surface area contributed by atoms with Crippen LogP contribution in [0.4, 0.5) is 0 Å². The van der Waals surface area contributed by atoms with Crippen LogP contribution in [-0.4, -0.2) is 16.1 Å². The van der Waals surface area contributed by atoms with Gasteiger partial charge in [0.15, 0.2) is 0 Å². The van der Waals surface area contributed by atoms with E-state index >= 15 is 0 Å². The highest BCUT2D eigenvalue weighted by Gasteiger charge is 2.21. The second kappa shape index (κ2) is 5.50. The first-order chi connectivity index (χ1) is 6.13. The van der Waals surface area contributed by atoms with E-state index in [2.05, 4.69) is 46.2 Å². The summed E-state index contributed by atoms with van der Waals surface area (Å²) in [4.78, 5) is 0. The Balaban J connectivity index is 3.56. The molecule has 0 nitrogen and oxygen atoms in total. The first kappa shape index (κ1) is 14.4. The van der Waals surface area contributed by atoms with Crippen LogP contribution in [0.5, 0.6) is 0 Å². The molecule has 0 aliphatic heterocycles. The lowest BCUT2D eigenvalue weighted by molar-refractivity contribution is 0.681. The standard InChI is InChI=1S/C12H30Si2/c1-12(14(5,6)7)10-8-9-11-13(2,3)4/h12H,8-11H2,1-7H3. The Morgan fingerprint density at radius 2 is 1.36 bits per heavy atom. The molecule has 0 heterocycles. The van der Waals surface area contributed by atoms with Gasteiger partial charge in [0.1, 0.15) is 0 Å². The molecule has 0 N–H and O–H groups in total. The van der Waals surface area contributed by atoms with E-state index in [4.69, 9.17) is 0 Å². The third-order valence-corrected chi connectivity index (χ3v) is 8.39. The Morgan fingerprint density at radius 1 is 0.857 bits per heavy atom. The van der Waals surface area contributed by atoms with Crippen LogP contribution in [-0.2, 0) is 0 Å². The average Bonchev–Trinajstić information content (AvgIpc) is 1.93. The third kappa shape index (κ3) is 7.80. The zero-order chi connectivity index (χ0) is 11.4. The van der Waals surface area contributed by atoms with Crippen LogP contribution in [0.3, 0.4) is 0 Å². The van der Waals surface area contributed by atoms with Crippen LogP contribution in [0.25, 0.3) is 0 Å². The predicted molar refractivity (Wildman–Crippen MR) is 74.8 cm³/mol. The lowest BCUT2D eigenvalue weighted by atomic mass is 10.2. The van der Waals surface area contributed by atoms with Gasteiger partial charge in [0.2, 0.25) is 0 Å². The summed E-state index contributed by atoms with van der Waals surface area (Å²) in [6.07, 6.45) is 4.42. The van der Waals surface area contributed by atoms with Gasteiger partial charge in [-0.3, -0.25) is 0 Å². The Kier molecular flexibility index (Phi) is 5.67. The normalized spacial score (nSPS) is 15.6. The molecule has 0 spiro atoms. The van der Waals surface area contributed by atoms with Crippen molar-refractivity contribution < 1.29 is 0 Å². The van der Waals surface area contributed by atoms with Gasteiger partial charge in [-0.1, -0.05) is 71.5 Å². The molecule has 0 bridgehead atoms. The van der Waals surface area contributed by atoms with Crippen molar-refractivity contribution in [2.75, 3.05) is 0 Å². The van der Waals surface area contributed by atoms with Gasteiger partial charge in [-0.25, -0.2) is 0 Å². The summed E-state index contributed by atoms with van der Waals surface area (Å²) in [6.45, 7) is 17.4. The van der Waals surface area contributed by atoms with Crippen molar-refractivity contribution in [3.8, 4) is 0 Å². The van der Waals surface area contributed by atoms with E-state index in [9.17, 15) is 0 Å². The number of hydrogen-bond donors (Lipinski definition) is 0. The third-order valence-electron chi connectivity index (χ3n) is 3.29. The summed E-state index contributed by atoms with van der Waals surface area (Å²) < 4.78 is 0. The van der Waals surface area contributed by atoms with Gasteiger partial charge < -0.3 is 0 Å². The number of hydrogen-bond acceptors (Lipinski definition) is 0. The molecule has 14 heavy (non-hydrogen) atoms. The van der Waals surface area contributed by atoms with Crippen LogP contribution in [0, 0.1) is 0 Å². The van der Waals surface area contributed by atoms with E-state index in [0.29, 0.717) is 0 Å². The Labute approximate surface area is 93.5 Å². The van der Waals surface area contributed by atoms with Crippen molar-refractivity contribution in [2.24, 2.45) is 0 Å². The maximum absolute atomic E-state index is 2.50. The topological polar surface area (TPSA) is 0 Å². The molecule has 86 valence electrons. The first-order valence-electron chi connectivity index (χ1n) is 6.13. The Morgan fingerprint density at radius 3 is 1.71 bits per heavy atom. The molecule has 0 aliphatic carbocycles. The Hall–Kier alpha value is 0.434. The van der Waals surface area contributed by atoms with E-state index in [1.54, 1.807) is 0 Å². The van der Waals surface area contributed by atoms with E-state index in [0.717, 1.165) is 5.54 Å². The Bertz CT molecular complexity index is 151. The minimum Gasteiger partial charge on any atom is -0.0695 e. The van der Waals surface area contributed by atoms with E-state index in [-0.39, 0.29) is 0 Å². The molecule has 0 aliphatic rings. The first-order valence-corrected chi connectivity index (χ1v) is 13.4. The highest BCUT2D eigenvalue weighted by Crippen LogP contribution is 2.27. The molecule has 0 radical (unpaired) electrons. The summed E-state index contributed by atoms with van der Waals surface area (Å²) in [5, 5.41) is 0. The highest BCUT2D eigenvalue weighted by atomic mass is 28.3. The van der Waals surface area contributed by atoms with Crippen molar-refractivity contribution in [3.05, 3.63) is 0 Å². The molecule has 1 unspecified atom stereocenters. The smallest absolute Gasteiger partial charge is 0.0471 e. The summed E-state index contributed by atoms with van der Waals surface area (Å²) in [7, 11) is -1.61. The van der Waals surface area contributed by atoms with E-state index < -0.39 is 16.1 Å². The van der Waals surface area contributed by atoms with Gasteiger partial charge in [0, 0.05) is 16.1 Å². The second-order valence-corrected chi connectivity index (χ2v) is 18.4. The minimum atomic E-state index is -0.845. The van der Waals surface area contributed by atoms with Crippen molar-refractivity contribution in [1.29, 1.82) is 0 Å². The fourth-order valence-corrected chi connectivity index (χ4v) is 3.92. The zero-order valence-electron chi connectivity index (χ0n) is 11.4. The molecule has 0 saturated heterocycles. The summed E-state index contributed by atoms with van der Waals surface area (Å²) >= 11 is 0. The molecular weight excluding hydrogens is 200 g/mol. The van der Waals surface area contributed by atoms with E-state index in [1.807, 2.05) is 0 Å². The lowest BCUT2D eigenvalue weighted by Crippen LogP contribution is -2.26. The molecule has 0 fully saturated rings. The molecule has 0 aromatic heterocycles. The van der Waals surface area contributed by atoms with Crippen molar-refractivity contribution >= 4 is 16.1 Å². The van der Waals surface area contributed by atoms with Crippen molar-refractivity contribution in [3.63, 3.8) is 0 Å². The van der Waals surface area contributed by atoms with Crippen LogP contribution >= 0.6 is 0 Å². The summed E-state index contributed by atoms with van der Waals surface area (Å²) in [5.41, 5.74) is 1.00. The SMILES string of the molecule is CC(CCCC[Si](C)(C)C)[Si](C)(C)C. The minimum absolute atomic E-state index is 0.764. The molecule has 0 rings (SSSR count). The quantitative estimate of drug-likeness (QED) is 0.433. The molecule has 1 atom stereocenters. The highest BCUT2D eigenvalue weighted by molar-refractivity contribution is 6.77.